The first-order valence-electron chi connectivity index (χ1n) is 11.9. The van der Waals surface area contributed by atoms with Gasteiger partial charge in [0.05, 0.1) is 17.8 Å². The highest BCUT2D eigenvalue weighted by molar-refractivity contribution is 5.35. The van der Waals surface area contributed by atoms with Gasteiger partial charge in [0.15, 0.2) is 0 Å². The molecule has 0 amide bonds. The van der Waals surface area contributed by atoms with Gasteiger partial charge in [-0.25, -0.2) is 0 Å². The summed E-state index contributed by atoms with van der Waals surface area (Å²) in [5, 5.41) is 30.2. The van der Waals surface area contributed by atoms with Gasteiger partial charge in [-0.2, -0.15) is 0 Å². The van der Waals surface area contributed by atoms with Gasteiger partial charge in [-0.1, -0.05) is 44.1 Å². The largest absolute Gasteiger partial charge is 0.390 e. The summed E-state index contributed by atoms with van der Waals surface area (Å²) in [5.41, 5.74) is 9.41. The second-order valence-electron chi connectivity index (χ2n) is 11.1. The van der Waals surface area contributed by atoms with Gasteiger partial charge in [0.25, 0.3) is 0 Å². The molecule has 4 nitrogen and oxygen atoms in total. The SMILES string of the molecule is C=C1[C@H](O)CC(=C/C=C2\CCC[C@]3(C)[C@@H](CCCCC(C)(C)O)CC[C@@]23N)C[C@H]1O. The van der Waals surface area contributed by atoms with Crippen LogP contribution in [-0.2, 0) is 0 Å². The summed E-state index contributed by atoms with van der Waals surface area (Å²) in [7, 11) is 0. The Hall–Kier alpha value is -0.940. The smallest absolute Gasteiger partial charge is 0.0809 e. The topological polar surface area (TPSA) is 86.7 Å². The number of aliphatic hydroxyl groups is 3. The third kappa shape index (κ3) is 4.77. The molecule has 0 unspecified atom stereocenters. The molecular formula is C26H43NO3. The third-order valence-electron chi connectivity index (χ3n) is 8.40. The van der Waals surface area contributed by atoms with Gasteiger partial charge in [-0.05, 0) is 94.1 Å². The number of nitrogens with two attached hydrogens (primary N) is 1. The Balaban J connectivity index is 1.70. The molecule has 4 heteroatoms. The van der Waals surface area contributed by atoms with Crippen LogP contribution in [0.25, 0.3) is 0 Å². The van der Waals surface area contributed by atoms with Crippen molar-refractivity contribution < 1.29 is 15.3 Å². The summed E-state index contributed by atoms with van der Waals surface area (Å²) in [4.78, 5) is 0. The zero-order valence-corrected chi connectivity index (χ0v) is 19.3. The Labute approximate surface area is 182 Å². The third-order valence-corrected chi connectivity index (χ3v) is 8.40. The molecule has 3 saturated carbocycles. The van der Waals surface area contributed by atoms with Crippen LogP contribution in [0.2, 0.25) is 0 Å². The Morgan fingerprint density at radius 3 is 2.43 bits per heavy atom. The van der Waals surface area contributed by atoms with E-state index in [0.29, 0.717) is 24.3 Å². The van der Waals surface area contributed by atoms with Crippen molar-refractivity contribution in [1.29, 1.82) is 0 Å². The van der Waals surface area contributed by atoms with Crippen LogP contribution in [0.5, 0.6) is 0 Å². The van der Waals surface area contributed by atoms with Crippen LogP contribution >= 0.6 is 0 Å². The lowest BCUT2D eigenvalue weighted by molar-refractivity contribution is 0.0649. The van der Waals surface area contributed by atoms with Gasteiger partial charge in [0.2, 0.25) is 0 Å². The zero-order valence-electron chi connectivity index (χ0n) is 19.3. The second kappa shape index (κ2) is 8.90. The summed E-state index contributed by atoms with van der Waals surface area (Å²) in [5.74, 6) is 0.641. The van der Waals surface area contributed by atoms with Crippen LogP contribution in [0, 0.1) is 11.3 Å². The molecule has 0 aromatic heterocycles. The Kier molecular flexibility index (Phi) is 7.03. The summed E-state index contributed by atoms with van der Waals surface area (Å²) >= 11 is 0. The van der Waals surface area contributed by atoms with Gasteiger partial charge < -0.3 is 21.1 Å². The van der Waals surface area contributed by atoms with Crippen molar-refractivity contribution in [2.45, 2.75) is 115 Å². The minimum absolute atomic E-state index is 0.129. The maximum Gasteiger partial charge on any atom is 0.0809 e. The van der Waals surface area contributed by atoms with Crippen molar-refractivity contribution in [3.63, 3.8) is 0 Å². The molecule has 3 rings (SSSR count). The number of rotatable bonds is 6. The number of unbranched alkanes of at least 4 members (excludes halogenated alkanes) is 1. The predicted molar refractivity (Wildman–Crippen MR) is 123 cm³/mol. The molecule has 0 aromatic rings. The number of fused-ring (bicyclic) bond motifs is 1. The fraction of sp³-hybridized carbons (Fsp3) is 0.769. The van der Waals surface area contributed by atoms with E-state index in [1.54, 1.807) is 0 Å². The molecule has 3 aliphatic carbocycles. The van der Waals surface area contributed by atoms with Gasteiger partial charge in [0.1, 0.15) is 0 Å². The van der Waals surface area contributed by atoms with E-state index in [9.17, 15) is 15.3 Å². The number of aliphatic hydroxyl groups excluding tert-OH is 2. The van der Waals surface area contributed by atoms with E-state index in [2.05, 4.69) is 25.7 Å². The van der Waals surface area contributed by atoms with Crippen molar-refractivity contribution in [2.75, 3.05) is 0 Å². The van der Waals surface area contributed by atoms with Crippen molar-refractivity contribution in [2.24, 2.45) is 17.1 Å². The molecule has 170 valence electrons. The van der Waals surface area contributed by atoms with Gasteiger partial charge in [-0.3, -0.25) is 0 Å². The fourth-order valence-electron chi connectivity index (χ4n) is 6.26. The average Bonchev–Trinajstić information content (AvgIpc) is 2.92. The lowest BCUT2D eigenvalue weighted by Gasteiger charge is -2.50. The van der Waals surface area contributed by atoms with Crippen LogP contribution in [-0.4, -0.2) is 38.7 Å². The standard InChI is InChI=1S/C26H43NO3/c1-18-22(28)16-19(17-23(18)29)10-11-21-9-7-14-25(4)20(12-15-26(21,25)27)8-5-6-13-24(2,3)30/h10-11,20,22-23,28-30H,1,5-9,12-17,27H2,2-4H3/b21-11+/t20-,22+,23+,25+,26+/m0/s1. The van der Waals surface area contributed by atoms with Crippen molar-refractivity contribution in [1.82, 2.24) is 0 Å². The highest BCUT2D eigenvalue weighted by Crippen LogP contribution is 2.60. The molecule has 0 heterocycles. The van der Waals surface area contributed by atoms with Crippen LogP contribution in [0.3, 0.4) is 0 Å². The van der Waals surface area contributed by atoms with E-state index in [1.165, 1.54) is 31.3 Å². The van der Waals surface area contributed by atoms with Crippen molar-refractivity contribution >= 4 is 0 Å². The summed E-state index contributed by atoms with van der Waals surface area (Å²) in [6.45, 7) is 9.98. The van der Waals surface area contributed by atoms with E-state index >= 15 is 0 Å². The van der Waals surface area contributed by atoms with E-state index < -0.39 is 17.8 Å². The van der Waals surface area contributed by atoms with Crippen molar-refractivity contribution in [3.05, 3.63) is 35.5 Å². The van der Waals surface area contributed by atoms with Crippen molar-refractivity contribution in [3.8, 4) is 0 Å². The average molecular weight is 418 g/mol. The lowest BCUT2D eigenvalue weighted by Crippen LogP contribution is -2.55. The first-order chi connectivity index (χ1) is 14.0. The van der Waals surface area contributed by atoms with Gasteiger partial charge >= 0.3 is 0 Å². The predicted octanol–water partition coefficient (Wildman–Crippen LogP) is 4.54. The molecule has 0 radical (unpaired) electrons. The van der Waals surface area contributed by atoms with Gasteiger partial charge in [0, 0.05) is 5.54 Å². The molecule has 3 fully saturated rings. The minimum atomic E-state index is -0.651. The van der Waals surface area contributed by atoms with Crippen LogP contribution < -0.4 is 5.73 Å². The molecule has 0 spiro atoms. The van der Waals surface area contributed by atoms with Gasteiger partial charge in [-0.15, -0.1) is 0 Å². The molecule has 5 atom stereocenters. The molecule has 0 bridgehead atoms. The maximum atomic E-state index is 10.1. The summed E-state index contributed by atoms with van der Waals surface area (Å²) < 4.78 is 0. The van der Waals surface area contributed by atoms with Crippen LogP contribution in [0.4, 0.5) is 0 Å². The summed E-state index contributed by atoms with van der Waals surface area (Å²) in [6.07, 6.45) is 14.0. The molecular weight excluding hydrogens is 374 g/mol. The zero-order chi connectivity index (χ0) is 22.2. The number of hydrogen-bond acceptors (Lipinski definition) is 4. The monoisotopic (exact) mass is 417 g/mol. The van der Waals surface area contributed by atoms with E-state index in [1.807, 2.05) is 13.8 Å². The summed E-state index contributed by atoms with van der Waals surface area (Å²) in [6, 6.07) is 0. The first kappa shape index (κ1) is 23.7. The second-order valence-corrected chi connectivity index (χ2v) is 11.1. The highest BCUT2D eigenvalue weighted by Gasteiger charge is 2.57. The Morgan fingerprint density at radius 2 is 1.80 bits per heavy atom. The lowest BCUT2D eigenvalue weighted by atomic mass is 9.58. The quantitative estimate of drug-likeness (QED) is 0.377. The molecule has 0 saturated heterocycles. The highest BCUT2D eigenvalue weighted by atomic mass is 16.3. The molecule has 3 aliphatic rings. The Bertz CT molecular complexity index is 688. The van der Waals surface area contributed by atoms with Crippen LogP contribution in [0.15, 0.2) is 35.5 Å². The van der Waals surface area contributed by atoms with E-state index in [0.717, 1.165) is 37.7 Å². The normalized spacial score (nSPS) is 38.8. The van der Waals surface area contributed by atoms with E-state index in [4.69, 9.17) is 5.73 Å². The first-order valence-corrected chi connectivity index (χ1v) is 11.9. The minimum Gasteiger partial charge on any atom is -0.390 e. The maximum absolute atomic E-state index is 10.1. The van der Waals surface area contributed by atoms with Crippen LogP contribution in [0.1, 0.15) is 91.4 Å². The molecule has 0 aromatic carbocycles. The van der Waals surface area contributed by atoms with E-state index in [-0.39, 0.29) is 11.0 Å². The molecule has 30 heavy (non-hydrogen) atoms. The molecule has 0 aliphatic heterocycles. The number of hydrogen-bond donors (Lipinski definition) is 4. The molecule has 5 N–H and O–H groups in total. The number of allylic oxidation sites excluding steroid dienone is 2. The Morgan fingerprint density at radius 1 is 1.13 bits per heavy atom. The fourth-order valence-corrected chi connectivity index (χ4v) is 6.26.